The molecular formula is C24H25N5O2S2. The number of thiophene rings is 1. The SMILES string of the molecule is C[C@@H](NC(=O)CSc1nc2nn(-c3ccccc3)c(=O)c-2c2n1CCCCC2)c1cccs1. The molecule has 4 heterocycles. The minimum absolute atomic E-state index is 0.0251. The van der Waals surface area contributed by atoms with Gasteiger partial charge in [0.25, 0.3) is 5.56 Å². The maximum atomic E-state index is 13.3. The van der Waals surface area contributed by atoms with E-state index in [0.29, 0.717) is 11.4 Å². The van der Waals surface area contributed by atoms with E-state index in [4.69, 9.17) is 4.98 Å². The molecule has 1 aromatic heterocycles. The minimum atomic E-state index is -0.131. The summed E-state index contributed by atoms with van der Waals surface area (Å²) in [6, 6.07) is 13.4. The highest BCUT2D eigenvalue weighted by Gasteiger charge is 2.27. The summed E-state index contributed by atoms with van der Waals surface area (Å²) in [4.78, 5) is 31.8. The van der Waals surface area contributed by atoms with Crippen LogP contribution in [0.5, 0.6) is 0 Å². The zero-order chi connectivity index (χ0) is 22.8. The maximum Gasteiger partial charge on any atom is 0.284 e. The number of carbonyl (C=O) groups is 1. The predicted octanol–water partition coefficient (Wildman–Crippen LogP) is 4.29. The molecule has 0 unspecified atom stereocenters. The molecule has 170 valence electrons. The normalized spacial score (nSPS) is 14.6. The van der Waals surface area contributed by atoms with E-state index in [0.717, 1.165) is 53.6 Å². The zero-order valence-corrected chi connectivity index (χ0v) is 20.0. The highest BCUT2D eigenvalue weighted by molar-refractivity contribution is 7.99. The van der Waals surface area contributed by atoms with Crippen LogP contribution >= 0.6 is 23.1 Å². The summed E-state index contributed by atoms with van der Waals surface area (Å²) in [5.41, 5.74) is 2.18. The Morgan fingerprint density at radius 2 is 2.03 bits per heavy atom. The van der Waals surface area contributed by atoms with E-state index in [-0.39, 0.29) is 23.3 Å². The summed E-state index contributed by atoms with van der Waals surface area (Å²) < 4.78 is 3.57. The smallest absolute Gasteiger partial charge is 0.284 e. The van der Waals surface area contributed by atoms with Crippen molar-refractivity contribution in [2.75, 3.05) is 5.75 Å². The number of fused-ring (bicyclic) bond motifs is 3. The molecule has 0 saturated heterocycles. The van der Waals surface area contributed by atoms with Gasteiger partial charge in [0.05, 0.1) is 17.5 Å². The lowest BCUT2D eigenvalue weighted by Gasteiger charge is -2.18. The summed E-state index contributed by atoms with van der Waals surface area (Å²) >= 11 is 3.04. The second-order valence-corrected chi connectivity index (χ2v) is 10.1. The van der Waals surface area contributed by atoms with Gasteiger partial charge in [-0.1, -0.05) is 42.4 Å². The Morgan fingerprint density at radius 3 is 2.82 bits per heavy atom. The first-order chi connectivity index (χ1) is 16.1. The Balaban J connectivity index is 1.46. The molecule has 2 aromatic rings. The number of aromatic nitrogens is 4. The molecular weight excluding hydrogens is 454 g/mol. The summed E-state index contributed by atoms with van der Waals surface area (Å²) in [7, 11) is 0. The van der Waals surface area contributed by atoms with Crippen LogP contribution in [0.15, 0.2) is 57.8 Å². The highest BCUT2D eigenvalue weighted by atomic mass is 32.2. The second-order valence-electron chi connectivity index (χ2n) is 8.15. The molecule has 0 fully saturated rings. The molecule has 1 aromatic carbocycles. The molecule has 0 aliphatic carbocycles. The third-order valence-electron chi connectivity index (χ3n) is 5.85. The van der Waals surface area contributed by atoms with Crippen molar-refractivity contribution in [3.63, 3.8) is 0 Å². The van der Waals surface area contributed by atoms with Crippen LogP contribution in [-0.2, 0) is 17.8 Å². The molecule has 0 spiro atoms. The summed E-state index contributed by atoms with van der Waals surface area (Å²) in [6.07, 6.45) is 3.97. The fraction of sp³-hybridized carbons (Fsp3) is 0.333. The first-order valence-corrected chi connectivity index (χ1v) is 13.0. The quantitative estimate of drug-likeness (QED) is 0.330. The van der Waals surface area contributed by atoms with Crippen molar-refractivity contribution in [1.29, 1.82) is 0 Å². The van der Waals surface area contributed by atoms with Crippen molar-refractivity contribution in [1.82, 2.24) is 24.6 Å². The van der Waals surface area contributed by atoms with Gasteiger partial charge >= 0.3 is 0 Å². The van der Waals surface area contributed by atoms with E-state index in [2.05, 4.69) is 15.0 Å². The van der Waals surface area contributed by atoms with Crippen LogP contribution in [0, 0.1) is 0 Å². The van der Waals surface area contributed by atoms with Gasteiger partial charge in [0.15, 0.2) is 11.0 Å². The number of para-hydroxylation sites is 1. The van der Waals surface area contributed by atoms with E-state index in [1.807, 2.05) is 54.8 Å². The molecule has 0 radical (unpaired) electrons. The van der Waals surface area contributed by atoms with Crippen molar-refractivity contribution in [2.24, 2.45) is 0 Å². The number of carbonyl (C=O) groups excluding carboxylic acids is 1. The van der Waals surface area contributed by atoms with Gasteiger partial charge in [-0.25, -0.2) is 4.98 Å². The topological polar surface area (TPSA) is 81.8 Å². The lowest BCUT2D eigenvalue weighted by atomic mass is 10.1. The molecule has 7 nitrogen and oxygen atoms in total. The van der Waals surface area contributed by atoms with E-state index in [1.165, 1.54) is 16.4 Å². The van der Waals surface area contributed by atoms with E-state index >= 15 is 0 Å². The third-order valence-corrected chi connectivity index (χ3v) is 7.88. The number of nitrogens with one attached hydrogen (secondary N) is 1. The average molecular weight is 480 g/mol. The van der Waals surface area contributed by atoms with Gasteiger partial charge in [0.1, 0.15) is 5.56 Å². The molecule has 5 rings (SSSR count). The molecule has 1 N–H and O–H groups in total. The van der Waals surface area contributed by atoms with Gasteiger partial charge in [-0.05, 0) is 49.8 Å². The molecule has 1 amide bonds. The van der Waals surface area contributed by atoms with Crippen LogP contribution in [-0.4, -0.2) is 31.0 Å². The van der Waals surface area contributed by atoms with Crippen LogP contribution in [0.3, 0.4) is 0 Å². The standard InChI is InChI=1S/C24H25N5O2S2/c1-16(19-12-8-14-32-19)25-20(30)15-33-24-26-22-21(18-11-6-3-7-13-28(18)24)23(31)29(27-22)17-9-4-2-5-10-17/h2,4-5,8-10,12,14,16H,3,6-7,11,13,15H2,1H3,(H,25,30)/t16-/m1/s1. The van der Waals surface area contributed by atoms with Crippen molar-refractivity contribution in [3.8, 4) is 17.1 Å². The largest absolute Gasteiger partial charge is 0.348 e. The molecule has 3 aliphatic heterocycles. The Labute approximate surface area is 200 Å². The van der Waals surface area contributed by atoms with Gasteiger partial charge < -0.3 is 9.88 Å². The van der Waals surface area contributed by atoms with Crippen molar-refractivity contribution in [2.45, 2.75) is 50.4 Å². The van der Waals surface area contributed by atoms with Crippen molar-refractivity contribution >= 4 is 29.0 Å². The molecule has 33 heavy (non-hydrogen) atoms. The van der Waals surface area contributed by atoms with E-state index in [9.17, 15) is 9.59 Å². The minimum Gasteiger partial charge on any atom is -0.348 e. The summed E-state index contributed by atoms with van der Waals surface area (Å²) in [5, 5.41) is 10.4. The van der Waals surface area contributed by atoms with Crippen LogP contribution < -0.4 is 10.9 Å². The van der Waals surface area contributed by atoms with Gasteiger partial charge in [-0.15, -0.1) is 16.4 Å². The fourth-order valence-electron chi connectivity index (χ4n) is 4.23. The van der Waals surface area contributed by atoms with E-state index in [1.54, 1.807) is 11.3 Å². The Bertz CT molecular complexity index is 1280. The fourth-order valence-corrected chi connectivity index (χ4v) is 5.82. The van der Waals surface area contributed by atoms with Crippen LogP contribution in [0.1, 0.15) is 42.8 Å². The summed E-state index contributed by atoms with van der Waals surface area (Å²) in [5.74, 6) is 0.675. The Hall–Kier alpha value is -2.91. The van der Waals surface area contributed by atoms with Crippen molar-refractivity contribution < 1.29 is 4.79 Å². The number of hydrogen-bond acceptors (Lipinski definition) is 6. The average Bonchev–Trinajstić information content (AvgIpc) is 3.40. The van der Waals surface area contributed by atoms with Crippen LogP contribution in [0.25, 0.3) is 17.1 Å². The number of thioether (sulfide) groups is 1. The van der Waals surface area contributed by atoms with Gasteiger partial charge in [0.2, 0.25) is 5.91 Å². The number of nitrogens with zero attached hydrogens (tertiary/aromatic N) is 4. The molecule has 3 aliphatic rings. The first-order valence-electron chi connectivity index (χ1n) is 11.2. The maximum absolute atomic E-state index is 13.3. The molecule has 0 saturated carbocycles. The monoisotopic (exact) mass is 479 g/mol. The predicted molar refractivity (Wildman–Crippen MR) is 131 cm³/mol. The Morgan fingerprint density at radius 1 is 1.18 bits per heavy atom. The number of benzene rings is 1. The van der Waals surface area contributed by atoms with Gasteiger partial charge in [-0.3, -0.25) is 9.59 Å². The molecule has 0 bridgehead atoms. The second kappa shape index (κ2) is 9.52. The molecule has 9 heteroatoms. The number of rotatable bonds is 6. The number of amides is 1. The van der Waals surface area contributed by atoms with E-state index < -0.39 is 0 Å². The van der Waals surface area contributed by atoms with Crippen LogP contribution in [0.4, 0.5) is 0 Å². The zero-order valence-electron chi connectivity index (χ0n) is 18.4. The highest BCUT2D eigenvalue weighted by Crippen LogP contribution is 2.30. The lowest BCUT2D eigenvalue weighted by molar-refractivity contribution is -0.119. The first kappa shape index (κ1) is 21.9. The van der Waals surface area contributed by atoms with Gasteiger partial charge in [-0.2, -0.15) is 4.68 Å². The molecule has 1 atom stereocenters. The lowest BCUT2D eigenvalue weighted by Crippen LogP contribution is -2.28. The van der Waals surface area contributed by atoms with Crippen LogP contribution in [0.2, 0.25) is 0 Å². The number of hydrogen-bond donors (Lipinski definition) is 1. The third kappa shape index (κ3) is 4.47. The van der Waals surface area contributed by atoms with Crippen molar-refractivity contribution in [3.05, 3.63) is 68.8 Å². The van der Waals surface area contributed by atoms with Gasteiger partial charge in [0, 0.05) is 17.1 Å². The summed E-state index contributed by atoms with van der Waals surface area (Å²) in [6.45, 7) is 2.79. The Kier molecular flexibility index (Phi) is 6.32.